The third-order valence-electron chi connectivity index (χ3n) is 3.10. The van der Waals surface area contributed by atoms with Crippen LogP contribution in [0, 0.1) is 0 Å². The van der Waals surface area contributed by atoms with Crippen LogP contribution in [-0.2, 0) is 9.59 Å². The summed E-state index contributed by atoms with van der Waals surface area (Å²) in [6.07, 6.45) is 0. The van der Waals surface area contributed by atoms with E-state index in [0.29, 0.717) is 27.0 Å². The maximum absolute atomic E-state index is 11.8. The van der Waals surface area contributed by atoms with E-state index in [1.165, 1.54) is 28.4 Å². The Morgan fingerprint density at radius 3 is 3.05 bits per heavy atom. The fraction of sp³-hybridized carbons (Fsp3) is 0.400. The van der Waals surface area contributed by atoms with E-state index in [4.69, 9.17) is 5.73 Å². The van der Waals surface area contributed by atoms with E-state index in [9.17, 15) is 14.7 Å². The molecule has 21 heavy (non-hydrogen) atoms. The normalized spacial score (nSPS) is 24.9. The number of halogens is 1. The number of β-lactam (4-membered cyclic amide) rings is 1. The monoisotopic (exact) mass is 391 g/mol. The molecule has 1 aromatic rings. The van der Waals surface area contributed by atoms with Crippen molar-refractivity contribution in [3.63, 3.8) is 0 Å². The number of amides is 1. The zero-order valence-electron chi connectivity index (χ0n) is 10.4. The number of rotatable bonds is 4. The Labute approximate surface area is 136 Å². The molecule has 0 aliphatic carbocycles. The van der Waals surface area contributed by atoms with Crippen molar-refractivity contribution in [3.8, 4) is 0 Å². The van der Waals surface area contributed by atoms with Gasteiger partial charge >= 0.3 is 5.97 Å². The smallest absolute Gasteiger partial charge is 0.352 e. The van der Waals surface area contributed by atoms with Gasteiger partial charge in [0.15, 0.2) is 4.73 Å². The molecule has 1 unspecified atom stereocenters. The van der Waals surface area contributed by atoms with Crippen molar-refractivity contribution in [1.82, 2.24) is 20.1 Å². The van der Waals surface area contributed by atoms with Crippen molar-refractivity contribution in [2.75, 3.05) is 11.5 Å². The molecule has 11 heteroatoms. The van der Waals surface area contributed by atoms with E-state index in [1.807, 2.05) is 0 Å². The topological polar surface area (TPSA) is 125 Å². The van der Waals surface area contributed by atoms with E-state index >= 15 is 0 Å². The molecule has 0 aromatic carbocycles. The lowest BCUT2D eigenvalue weighted by molar-refractivity contribution is -0.147. The summed E-state index contributed by atoms with van der Waals surface area (Å²) in [7, 11) is 0. The van der Waals surface area contributed by atoms with Crippen LogP contribution in [0.25, 0.3) is 0 Å². The highest BCUT2D eigenvalue weighted by molar-refractivity contribution is 9.10. The van der Waals surface area contributed by atoms with Crippen LogP contribution in [0.2, 0.25) is 0 Å². The Balaban J connectivity index is 1.81. The second-order valence-electron chi connectivity index (χ2n) is 4.39. The second-order valence-corrected chi connectivity index (χ2v) is 7.19. The van der Waals surface area contributed by atoms with Crippen molar-refractivity contribution in [2.24, 2.45) is 5.73 Å². The number of thioether (sulfide) groups is 2. The van der Waals surface area contributed by atoms with Gasteiger partial charge in [-0.2, -0.15) is 4.98 Å². The van der Waals surface area contributed by atoms with Crippen LogP contribution in [-0.4, -0.2) is 60.0 Å². The summed E-state index contributed by atoms with van der Waals surface area (Å²) in [6.45, 7) is 0. The van der Waals surface area contributed by atoms with Gasteiger partial charge in [0.25, 0.3) is 0 Å². The van der Waals surface area contributed by atoms with Gasteiger partial charge in [-0.3, -0.25) is 14.8 Å². The molecule has 0 spiro atoms. The molecule has 1 amide bonds. The highest BCUT2D eigenvalue weighted by Gasteiger charge is 2.51. The maximum atomic E-state index is 11.8. The van der Waals surface area contributed by atoms with Crippen molar-refractivity contribution in [1.29, 1.82) is 0 Å². The number of carboxylic acids is 1. The van der Waals surface area contributed by atoms with Crippen LogP contribution in [0.15, 0.2) is 21.2 Å². The molecule has 3 rings (SSSR count). The Morgan fingerprint density at radius 1 is 1.67 bits per heavy atom. The van der Waals surface area contributed by atoms with Crippen molar-refractivity contribution >= 4 is 51.3 Å². The average molecular weight is 392 g/mol. The lowest BCUT2D eigenvalue weighted by Crippen LogP contribution is -2.68. The Hall–Kier alpha value is -1.04. The highest BCUT2D eigenvalue weighted by atomic mass is 79.9. The van der Waals surface area contributed by atoms with E-state index in [1.54, 1.807) is 0 Å². The predicted molar refractivity (Wildman–Crippen MR) is 80.5 cm³/mol. The zero-order valence-corrected chi connectivity index (χ0v) is 13.7. The van der Waals surface area contributed by atoms with E-state index < -0.39 is 12.0 Å². The maximum Gasteiger partial charge on any atom is 0.352 e. The molecule has 1 fully saturated rings. The van der Waals surface area contributed by atoms with Crippen LogP contribution in [0.5, 0.6) is 0 Å². The largest absolute Gasteiger partial charge is 0.477 e. The number of nitrogens with two attached hydrogens (primary N) is 1. The number of aromatic amines is 1. The van der Waals surface area contributed by atoms with Gasteiger partial charge in [0, 0.05) is 11.5 Å². The second kappa shape index (κ2) is 5.63. The number of hydrogen-bond acceptors (Lipinski definition) is 7. The standard InChI is InChI=1S/C10H10BrN5O3S2/c11-9-13-10(15-14-9)21-2-3-1-20-7-4(12)6(17)16(7)5(3)8(18)19/h4,7H,1-2,12H2,(H,18,19)(H,13,14,15)/t4?,7-/m1/s1. The first kappa shape index (κ1) is 14.9. The number of nitrogens with one attached hydrogen (secondary N) is 1. The first-order chi connectivity index (χ1) is 9.99. The minimum Gasteiger partial charge on any atom is -0.477 e. The van der Waals surface area contributed by atoms with Crippen molar-refractivity contribution in [2.45, 2.75) is 16.6 Å². The Bertz CT molecular complexity index is 648. The van der Waals surface area contributed by atoms with E-state index in [-0.39, 0.29) is 17.0 Å². The number of aliphatic carboxylic acids is 1. The minimum absolute atomic E-state index is 0.0487. The Morgan fingerprint density at radius 2 is 2.43 bits per heavy atom. The quantitative estimate of drug-likeness (QED) is 0.492. The van der Waals surface area contributed by atoms with Crippen molar-refractivity contribution < 1.29 is 14.7 Å². The molecule has 2 atom stereocenters. The molecule has 0 bridgehead atoms. The third kappa shape index (κ3) is 2.58. The third-order valence-corrected chi connectivity index (χ3v) is 5.75. The predicted octanol–water partition coefficient (Wildman–Crippen LogP) is 0.240. The fourth-order valence-corrected chi connectivity index (χ4v) is 4.74. The van der Waals surface area contributed by atoms with Crippen LogP contribution < -0.4 is 5.73 Å². The summed E-state index contributed by atoms with van der Waals surface area (Å²) in [5.41, 5.74) is 6.41. The summed E-state index contributed by atoms with van der Waals surface area (Å²) in [5.74, 6) is -0.507. The van der Waals surface area contributed by atoms with Crippen molar-refractivity contribution in [3.05, 3.63) is 16.0 Å². The average Bonchev–Trinajstić information content (AvgIpc) is 2.88. The number of carbonyl (C=O) groups is 2. The van der Waals surface area contributed by atoms with Gasteiger partial charge in [0.1, 0.15) is 17.1 Å². The first-order valence-corrected chi connectivity index (χ1v) is 8.68. The number of H-pyrrole nitrogens is 1. The fourth-order valence-electron chi connectivity index (χ4n) is 2.14. The molecular formula is C10H10BrN5O3S2. The molecule has 4 N–H and O–H groups in total. The molecular weight excluding hydrogens is 382 g/mol. The van der Waals surface area contributed by atoms with Crippen LogP contribution >= 0.6 is 39.5 Å². The lowest BCUT2D eigenvalue weighted by Gasteiger charge is -2.48. The molecule has 2 aliphatic heterocycles. The molecule has 2 aliphatic rings. The van der Waals surface area contributed by atoms with Crippen LogP contribution in [0.1, 0.15) is 0 Å². The van der Waals surface area contributed by atoms with Crippen LogP contribution in [0.3, 0.4) is 0 Å². The number of nitrogens with zero attached hydrogens (tertiary/aromatic N) is 3. The van der Waals surface area contributed by atoms with Gasteiger partial charge in [-0.15, -0.1) is 16.9 Å². The number of carbonyl (C=O) groups excluding carboxylic acids is 1. The van der Waals surface area contributed by atoms with Gasteiger partial charge in [-0.05, 0) is 21.5 Å². The molecule has 0 radical (unpaired) electrons. The van der Waals surface area contributed by atoms with Gasteiger partial charge in [0.2, 0.25) is 11.1 Å². The molecule has 3 heterocycles. The summed E-state index contributed by atoms with van der Waals surface area (Å²) in [4.78, 5) is 28.6. The highest BCUT2D eigenvalue weighted by Crippen LogP contribution is 2.40. The zero-order chi connectivity index (χ0) is 15.1. The van der Waals surface area contributed by atoms with Gasteiger partial charge in [-0.1, -0.05) is 11.8 Å². The number of carboxylic acid groups (broad SMARTS) is 1. The molecule has 8 nitrogen and oxygen atoms in total. The number of aromatic nitrogens is 3. The summed E-state index contributed by atoms with van der Waals surface area (Å²) in [6, 6.07) is -0.609. The minimum atomic E-state index is -1.10. The van der Waals surface area contributed by atoms with E-state index in [0.717, 1.165) is 0 Å². The molecule has 1 aromatic heterocycles. The van der Waals surface area contributed by atoms with Gasteiger partial charge < -0.3 is 10.8 Å². The Kier molecular flexibility index (Phi) is 3.99. The number of fused-ring (bicyclic) bond motifs is 1. The SMILES string of the molecule is NC1C(=O)N2C(C(=O)O)=C(CSc3n[nH]c(Br)n3)CS[C@H]12. The number of hydrogen-bond donors (Lipinski definition) is 3. The summed E-state index contributed by atoms with van der Waals surface area (Å²) >= 11 is 5.95. The van der Waals surface area contributed by atoms with Gasteiger partial charge in [0.05, 0.1) is 0 Å². The van der Waals surface area contributed by atoms with E-state index in [2.05, 4.69) is 31.1 Å². The summed E-state index contributed by atoms with van der Waals surface area (Å²) in [5, 5.41) is 16.2. The lowest BCUT2D eigenvalue weighted by atomic mass is 10.0. The van der Waals surface area contributed by atoms with Crippen LogP contribution in [0.4, 0.5) is 0 Å². The molecule has 0 saturated carbocycles. The van der Waals surface area contributed by atoms with Gasteiger partial charge in [-0.25, -0.2) is 4.79 Å². The summed E-state index contributed by atoms with van der Waals surface area (Å²) < 4.78 is 0.513. The molecule has 112 valence electrons. The molecule has 1 saturated heterocycles. The first-order valence-electron chi connectivity index (χ1n) is 5.85.